The molecule has 0 bridgehead atoms. The van der Waals surface area contributed by atoms with Crippen molar-refractivity contribution in [2.45, 2.75) is 18.2 Å². The van der Waals surface area contributed by atoms with Crippen molar-refractivity contribution < 1.29 is 4.74 Å². The second-order valence-electron chi connectivity index (χ2n) is 4.65. The monoisotopic (exact) mass is 291 g/mol. The summed E-state index contributed by atoms with van der Waals surface area (Å²) in [5.74, 6) is 3.24. The summed E-state index contributed by atoms with van der Waals surface area (Å²) in [4.78, 5) is 2.79. The van der Waals surface area contributed by atoms with Crippen molar-refractivity contribution >= 4 is 23.1 Å². The van der Waals surface area contributed by atoms with E-state index < -0.39 is 0 Å². The molecule has 0 radical (unpaired) electrons. The average Bonchev–Trinajstić information content (AvgIpc) is 2.90. The van der Waals surface area contributed by atoms with Gasteiger partial charge in [-0.1, -0.05) is 12.1 Å². The first-order chi connectivity index (χ1) is 9.28. The van der Waals surface area contributed by atoms with Gasteiger partial charge in [0.25, 0.3) is 0 Å². The normalized spacial score (nSPS) is 15.9. The van der Waals surface area contributed by atoms with Gasteiger partial charge in [0.15, 0.2) is 0 Å². The van der Waals surface area contributed by atoms with Gasteiger partial charge in [-0.15, -0.1) is 11.3 Å². The van der Waals surface area contributed by atoms with E-state index in [1.807, 2.05) is 41.3 Å². The van der Waals surface area contributed by atoms with E-state index in [0.717, 1.165) is 17.1 Å². The van der Waals surface area contributed by atoms with Crippen LogP contribution < -0.4 is 10.5 Å². The molecule has 1 atom stereocenters. The number of benzene rings is 1. The van der Waals surface area contributed by atoms with Crippen molar-refractivity contribution in [1.29, 1.82) is 0 Å². The molecule has 1 unspecified atom stereocenters. The Morgan fingerprint density at radius 2 is 2.21 bits per heavy atom. The highest BCUT2D eigenvalue weighted by atomic mass is 32.2. The van der Waals surface area contributed by atoms with E-state index in [-0.39, 0.29) is 6.04 Å². The molecule has 0 spiro atoms. The molecular weight excluding hydrogens is 274 g/mol. The molecule has 1 aliphatic heterocycles. The molecule has 0 aliphatic carbocycles. The topological polar surface area (TPSA) is 35.2 Å². The number of methoxy groups -OCH3 is 1. The lowest BCUT2D eigenvalue weighted by atomic mass is 10.1. The molecule has 1 aromatic carbocycles. The van der Waals surface area contributed by atoms with Gasteiger partial charge in [0.05, 0.1) is 13.2 Å². The summed E-state index contributed by atoms with van der Waals surface area (Å²) in [6.45, 7) is 0. The first-order valence-electron chi connectivity index (χ1n) is 6.36. The molecule has 2 aromatic rings. The molecular formula is C15H17NOS2. The van der Waals surface area contributed by atoms with Gasteiger partial charge in [0.2, 0.25) is 0 Å². The van der Waals surface area contributed by atoms with Gasteiger partial charge >= 0.3 is 0 Å². The lowest BCUT2D eigenvalue weighted by Crippen LogP contribution is -2.10. The fourth-order valence-electron chi connectivity index (χ4n) is 2.32. The summed E-state index contributed by atoms with van der Waals surface area (Å²) in [5, 5.41) is 0. The lowest BCUT2D eigenvalue weighted by Gasteiger charge is -2.11. The number of hydrogen-bond donors (Lipinski definition) is 1. The van der Waals surface area contributed by atoms with E-state index in [4.69, 9.17) is 10.5 Å². The largest absolute Gasteiger partial charge is 0.497 e. The number of ether oxygens (including phenoxy) is 1. The number of thioether (sulfide) groups is 1. The van der Waals surface area contributed by atoms with E-state index in [1.165, 1.54) is 27.5 Å². The zero-order valence-electron chi connectivity index (χ0n) is 10.9. The van der Waals surface area contributed by atoms with Gasteiger partial charge in [0, 0.05) is 15.5 Å². The van der Waals surface area contributed by atoms with Crippen LogP contribution in [0.25, 0.3) is 0 Å². The highest BCUT2D eigenvalue weighted by molar-refractivity contribution is 7.98. The maximum atomic E-state index is 6.40. The third-order valence-corrected chi connectivity index (χ3v) is 5.73. The number of rotatable bonds is 3. The van der Waals surface area contributed by atoms with E-state index in [2.05, 4.69) is 12.1 Å². The molecule has 2 nitrogen and oxygen atoms in total. The Hall–Kier alpha value is -0.970. The SMILES string of the molecule is COc1cccc(C(N)c2cc3c(s2)CCSC3)c1. The Balaban J connectivity index is 1.90. The molecule has 0 saturated heterocycles. The van der Waals surface area contributed by atoms with Crippen LogP contribution in [0.3, 0.4) is 0 Å². The minimum Gasteiger partial charge on any atom is -0.497 e. The van der Waals surface area contributed by atoms with E-state index in [1.54, 1.807) is 7.11 Å². The first kappa shape index (κ1) is 13.0. The molecule has 1 aromatic heterocycles. The van der Waals surface area contributed by atoms with Crippen LogP contribution >= 0.6 is 23.1 Å². The predicted octanol–water partition coefficient (Wildman–Crippen LogP) is 3.59. The lowest BCUT2D eigenvalue weighted by molar-refractivity contribution is 0.414. The number of thiophene rings is 1. The second kappa shape index (κ2) is 5.57. The fourth-order valence-corrected chi connectivity index (χ4v) is 4.73. The summed E-state index contributed by atoms with van der Waals surface area (Å²) in [6.07, 6.45) is 1.19. The van der Waals surface area contributed by atoms with Crippen LogP contribution in [0.5, 0.6) is 5.75 Å². The third-order valence-electron chi connectivity index (χ3n) is 3.41. The molecule has 100 valence electrons. The van der Waals surface area contributed by atoms with Crippen LogP contribution in [-0.2, 0) is 12.2 Å². The molecule has 19 heavy (non-hydrogen) atoms. The minimum atomic E-state index is -0.0456. The molecule has 0 amide bonds. The van der Waals surface area contributed by atoms with Crippen LogP contribution in [0.2, 0.25) is 0 Å². The summed E-state index contributed by atoms with van der Waals surface area (Å²) < 4.78 is 5.27. The van der Waals surface area contributed by atoms with E-state index in [9.17, 15) is 0 Å². The highest BCUT2D eigenvalue weighted by Crippen LogP contribution is 2.36. The zero-order chi connectivity index (χ0) is 13.2. The van der Waals surface area contributed by atoms with E-state index >= 15 is 0 Å². The maximum absolute atomic E-state index is 6.40. The average molecular weight is 291 g/mol. The highest BCUT2D eigenvalue weighted by Gasteiger charge is 2.18. The second-order valence-corrected chi connectivity index (χ2v) is 6.93. The van der Waals surface area contributed by atoms with Gasteiger partial charge < -0.3 is 10.5 Å². The molecule has 0 fully saturated rings. The quantitative estimate of drug-likeness (QED) is 0.938. The summed E-state index contributed by atoms with van der Waals surface area (Å²) in [5.41, 5.74) is 9.00. The number of hydrogen-bond acceptors (Lipinski definition) is 4. The summed E-state index contributed by atoms with van der Waals surface area (Å²) in [6, 6.07) is 10.3. The Bertz CT molecular complexity index is 556. The van der Waals surface area contributed by atoms with Crippen molar-refractivity contribution in [3.63, 3.8) is 0 Å². The van der Waals surface area contributed by atoms with Gasteiger partial charge in [0.1, 0.15) is 5.75 Å². The molecule has 2 heterocycles. The molecule has 2 N–H and O–H groups in total. The van der Waals surface area contributed by atoms with Gasteiger partial charge in [-0.05, 0) is 41.5 Å². The molecule has 1 aliphatic rings. The maximum Gasteiger partial charge on any atom is 0.119 e. The van der Waals surface area contributed by atoms with Crippen LogP contribution in [0, 0.1) is 0 Å². The number of fused-ring (bicyclic) bond motifs is 1. The van der Waals surface area contributed by atoms with Gasteiger partial charge in [-0.25, -0.2) is 0 Å². The Kier molecular flexibility index (Phi) is 3.82. The molecule has 0 saturated carbocycles. The van der Waals surface area contributed by atoms with Crippen molar-refractivity contribution in [2.75, 3.05) is 12.9 Å². The Labute approximate surface area is 122 Å². The van der Waals surface area contributed by atoms with Crippen LogP contribution in [0.4, 0.5) is 0 Å². The third kappa shape index (κ3) is 2.66. The molecule has 4 heteroatoms. The summed E-state index contributed by atoms with van der Waals surface area (Å²) >= 11 is 3.88. The number of aryl methyl sites for hydroxylation is 1. The zero-order valence-corrected chi connectivity index (χ0v) is 12.5. The molecule has 3 rings (SSSR count). The fraction of sp³-hybridized carbons (Fsp3) is 0.333. The Morgan fingerprint density at radius 1 is 1.32 bits per heavy atom. The van der Waals surface area contributed by atoms with E-state index in [0.29, 0.717) is 0 Å². The van der Waals surface area contributed by atoms with Crippen molar-refractivity contribution in [3.8, 4) is 5.75 Å². The van der Waals surface area contributed by atoms with Gasteiger partial charge in [-0.2, -0.15) is 11.8 Å². The van der Waals surface area contributed by atoms with Crippen LogP contribution in [0.15, 0.2) is 30.3 Å². The predicted molar refractivity (Wildman–Crippen MR) is 83.2 cm³/mol. The summed E-state index contributed by atoms with van der Waals surface area (Å²) in [7, 11) is 1.69. The van der Waals surface area contributed by atoms with Crippen molar-refractivity contribution in [1.82, 2.24) is 0 Å². The van der Waals surface area contributed by atoms with Gasteiger partial charge in [-0.3, -0.25) is 0 Å². The Morgan fingerprint density at radius 3 is 3.00 bits per heavy atom. The van der Waals surface area contributed by atoms with Crippen LogP contribution in [-0.4, -0.2) is 12.9 Å². The van der Waals surface area contributed by atoms with Crippen LogP contribution in [0.1, 0.15) is 26.9 Å². The minimum absolute atomic E-state index is 0.0456. The van der Waals surface area contributed by atoms with Crippen molar-refractivity contribution in [3.05, 3.63) is 51.2 Å². The first-order valence-corrected chi connectivity index (χ1v) is 8.34. The smallest absolute Gasteiger partial charge is 0.119 e. The standard InChI is InChI=1S/C15H17NOS2/c1-17-12-4-2-3-10(7-12)15(16)14-8-11-9-18-6-5-13(11)19-14/h2-4,7-8,15H,5-6,9,16H2,1H3. The number of nitrogens with two attached hydrogens (primary N) is 1. The van der Waals surface area contributed by atoms with Crippen molar-refractivity contribution in [2.24, 2.45) is 5.73 Å².